The molecule has 1 amide bonds. The van der Waals surface area contributed by atoms with Crippen molar-refractivity contribution in [2.45, 2.75) is 45.1 Å². The molecular formula is C15H22N2O3. The molecule has 110 valence electrons. The largest absolute Gasteiger partial charge is 0.481 e. The summed E-state index contributed by atoms with van der Waals surface area (Å²) >= 11 is 0. The van der Waals surface area contributed by atoms with E-state index in [0.717, 1.165) is 5.56 Å². The van der Waals surface area contributed by atoms with Gasteiger partial charge in [0.25, 0.3) is 0 Å². The number of amides is 1. The van der Waals surface area contributed by atoms with Gasteiger partial charge in [-0.25, -0.2) is 0 Å². The lowest BCUT2D eigenvalue weighted by Crippen LogP contribution is -2.32. The highest BCUT2D eigenvalue weighted by Crippen LogP contribution is 2.08. The van der Waals surface area contributed by atoms with Crippen LogP contribution < -0.4 is 11.1 Å². The number of nitrogen functional groups attached to an aromatic ring is 1. The number of nitrogens with two attached hydrogens (primary N) is 1. The van der Waals surface area contributed by atoms with Crippen LogP contribution in [0.1, 0.15) is 38.2 Å². The van der Waals surface area contributed by atoms with Crippen molar-refractivity contribution >= 4 is 17.6 Å². The average molecular weight is 278 g/mol. The summed E-state index contributed by atoms with van der Waals surface area (Å²) in [4.78, 5) is 22.1. The van der Waals surface area contributed by atoms with Crippen LogP contribution in [0.4, 0.5) is 5.69 Å². The number of carbonyl (C=O) groups excluding carboxylic acids is 1. The number of aryl methyl sites for hydroxylation is 1. The van der Waals surface area contributed by atoms with Gasteiger partial charge in [0.05, 0.1) is 0 Å². The van der Waals surface area contributed by atoms with Crippen LogP contribution in [-0.4, -0.2) is 23.0 Å². The molecule has 0 radical (unpaired) electrons. The second-order valence-electron chi connectivity index (χ2n) is 5.00. The van der Waals surface area contributed by atoms with Crippen LogP contribution in [-0.2, 0) is 16.0 Å². The van der Waals surface area contributed by atoms with Crippen molar-refractivity contribution in [1.82, 2.24) is 5.32 Å². The molecule has 1 unspecified atom stereocenters. The molecule has 5 nitrogen and oxygen atoms in total. The van der Waals surface area contributed by atoms with E-state index in [0.29, 0.717) is 31.4 Å². The Morgan fingerprint density at radius 2 is 1.90 bits per heavy atom. The van der Waals surface area contributed by atoms with Gasteiger partial charge in [0, 0.05) is 24.6 Å². The Bertz CT molecular complexity index is 443. The third-order valence-corrected chi connectivity index (χ3v) is 3.06. The summed E-state index contributed by atoms with van der Waals surface area (Å²) in [6.45, 7) is 1.89. The first-order chi connectivity index (χ1) is 9.47. The predicted octanol–water partition coefficient (Wildman–Crippen LogP) is 1.96. The van der Waals surface area contributed by atoms with Gasteiger partial charge in [-0.1, -0.05) is 12.1 Å². The van der Waals surface area contributed by atoms with Gasteiger partial charge in [0.15, 0.2) is 0 Å². The molecule has 0 saturated carbocycles. The van der Waals surface area contributed by atoms with E-state index in [1.165, 1.54) is 0 Å². The van der Waals surface area contributed by atoms with Gasteiger partial charge in [-0.2, -0.15) is 0 Å². The van der Waals surface area contributed by atoms with Gasteiger partial charge in [-0.3, -0.25) is 9.59 Å². The summed E-state index contributed by atoms with van der Waals surface area (Å²) in [5.41, 5.74) is 7.39. The maximum absolute atomic E-state index is 11.7. The van der Waals surface area contributed by atoms with Crippen LogP contribution in [0.2, 0.25) is 0 Å². The smallest absolute Gasteiger partial charge is 0.303 e. The Morgan fingerprint density at radius 1 is 1.25 bits per heavy atom. The number of benzene rings is 1. The zero-order valence-electron chi connectivity index (χ0n) is 11.8. The molecule has 0 spiro atoms. The number of carbonyl (C=O) groups is 2. The predicted molar refractivity (Wildman–Crippen MR) is 78.3 cm³/mol. The van der Waals surface area contributed by atoms with Gasteiger partial charge >= 0.3 is 5.97 Å². The Hall–Kier alpha value is -2.04. The molecule has 0 aliphatic heterocycles. The van der Waals surface area contributed by atoms with E-state index in [1.807, 2.05) is 31.2 Å². The lowest BCUT2D eigenvalue weighted by molar-refractivity contribution is -0.137. The third kappa shape index (κ3) is 6.78. The topological polar surface area (TPSA) is 92.4 Å². The first-order valence-corrected chi connectivity index (χ1v) is 6.83. The van der Waals surface area contributed by atoms with Crippen molar-refractivity contribution < 1.29 is 14.7 Å². The molecule has 20 heavy (non-hydrogen) atoms. The molecule has 0 bridgehead atoms. The van der Waals surface area contributed by atoms with Gasteiger partial charge in [0.2, 0.25) is 5.91 Å². The lowest BCUT2D eigenvalue weighted by atomic mass is 10.1. The highest BCUT2D eigenvalue weighted by atomic mass is 16.4. The van der Waals surface area contributed by atoms with Gasteiger partial charge in [-0.05, 0) is 43.9 Å². The molecule has 0 aliphatic carbocycles. The van der Waals surface area contributed by atoms with E-state index in [9.17, 15) is 9.59 Å². The Labute approximate surface area is 119 Å². The number of anilines is 1. The number of hydrogen-bond donors (Lipinski definition) is 3. The zero-order valence-corrected chi connectivity index (χ0v) is 11.8. The highest BCUT2D eigenvalue weighted by Gasteiger charge is 2.08. The molecular weight excluding hydrogens is 256 g/mol. The average Bonchev–Trinajstić information content (AvgIpc) is 2.37. The van der Waals surface area contributed by atoms with Gasteiger partial charge < -0.3 is 16.2 Å². The van der Waals surface area contributed by atoms with Crippen LogP contribution in [0.15, 0.2) is 24.3 Å². The van der Waals surface area contributed by atoms with Gasteiger partial charge in [-0.15, -0.1) is 0 Å². The highest BCUT2D eigenvalue weighted by molar-refractivity contribution is 5.76. The summed E-state index contributed by atoms with van der Waals surface area (Å²) in [6, 6.07) is 7.48. The van der Waals surface area contributed by atoms with Crippen molar-refractivity contribution in [3.63, 3.8) is 0 Å². The first kappa shape index (κ1) is 16.0. The van der Waals surface area contributed by atoms with E-state index < -0.39 is 5.97 Å². The van der Waals surface area contributed by atoms with Crippen molar-refractivity contribution in [3.05, 3.63) is 29.8 Å². The normalized spacial score (nSPS) is 11.8. The standard InChI is InChI=1S/C15H22N2O3/c1-11(3-2-4-15(19)20)17-14(18)10-7-12-5-8-13(16)9-6-12/h5-6,8-9,11H,2-4,7,10,16H2,1H3,(H,17,18)(H,19,20). The summed E-state index contributed by atoms with van der Waals surface area (Å²) in [5.74, 6) is -0.809. The fourth-order valence-electron chi connectivity index (χ4n) is 1.92. The molecule has 4 N–H and O–H groups in total. The van der Waals surface area contributed by atoms with Crippen LogP contribution in [0, 0.1) is 0 Å². The molecule has 0 aromatic heterocycles. The van der Waals surface area contributed by atoms with E-state index in [2.05, 4.69) is 5.32 Å². The summed E-state index contributed by atoms with van der Waals surface area (Å²) in [7, 11) is 0. The second-order valence-corrected chi connectivity index (χ2v) is 5.00. The molecule has 5 heteroatoms. The summed E-state index contributed by atoms with van der Waals surface area (Å²) < 4.78 is 0. The van der Waals surface area contributed by atoms with Crippen LogP contribution in [0.3, 0.4) is 0 Å². The fourth-order valence-corrected chi connectivity index (χ4v) is 1.92. The van der Waals surface area contributed by atoms with E-state index in [-0.39, 0.29) is 18.4 Å². The summed E-state index contributed by atoms with van der Waals surface area (Å²) in [5, 5.41) is 11.4. The minimum Gasteiger partial charge on any atom is -0.481 e. The number of hydrogen-bond acceptors (Lipinski definition) is 3. The molecule has 1 atom stereocenters. The molecule has 1 aromatic carbocycles. The van der Waals surface area contributed by atoms with Crippen molar-refractivity contribution in [2.24, 2.45) is 0 Å². The van der Waals surface area contributed by atoms with Crippen LogP contribution in [0.5, 0.6) is 0 Å². The van der Waals surface area contributed by atoms with E-state index in [1.54, 1.807) is 0 Å². The first-order valence-electron chi connectivity index (χ1n) is 6.83. The molecule has 0 heterocycles. The Morgan fingerprint density at radius 3 is 2.50 bits per heavy atom. The number of nitrogens with one attached hydrogen (secondary N) is 1. The lowest BCUT2D eigenvalue weighted by Gasteiger charge is -2.13. The van der Waals surface area contributed by atoms with Crippen molar-refractivity contribution in [3.8, 4) is 0 Å². The quantitative estimate of drug-likeness (QED) is 0.634. The Kier molecular flexibility index (Phi) is 6.56. The maximum Gasteiger partial charge on any atom is 0.303 e. The van der Waals surface area contributed by atoms with Crippen molar-refractivity contribution in [2.75, 3.05) is 5.73 Å². The Balaban J connectivity index is 2.22. The number of carboxylic acids is 1. The molecule has 1 rings (SSSR count). The van der Waals surface area contributed by atoms with Crippen LogP contribution in [0.25, 0.3) is 0 Å². The van der Waals surface area contributed by atoms with E-state index >= 15 is 0 Å². The second kappa shape index (κ2) is 8.19. The van der Waals surface area contributed by atoms with Crippen LogP contribution >= 0.6 is 0 Å². The van der Waals surface area contributed by atoms with E-state index in [4.69, 9.17) is 10.8 Å². The summed E-state index contributed by atoms with van der Waals surface area (Å²) in [6.07, 6.45) is 2.50. The number of rotatable bonds is 8. The van der Waals surface area contributed by atoms with Crippen molar-refractivity contribution in [1.29, 1.82) is 0 Å². The maximum atomic E-state index is 11.7. The van der Waals surface area contributed by atoms with Gasteiger partial charge in [0.1, 0.15) is 0 Å². The molecule has 0 saturated heterocycles. The monoisotopic (exact) mass is 278 g/mol. The molecule has 1 aromatic rings. The molecule has 0 aliphatic rings. The third-order valence-electron chi connectivity index (χ3n) is 3.06. The zero-order chi connectivity index (χ0) is 15.0. The minimum absolute atomic E-state index is 0.00766. The number of aliphatic carboxylic acids is 1. The minimum atomic E-state index is -0.799. The SMILES string of the molecule is CC(CCCC(=O)O)NC(=O)CCc1ccc(N)cc1. The number of carboxylic acid groups (broad SMARTS) is 1. The fraction of sp³-hybridized carbons (Fsp3) is 0.467. The molecule has 0 fully saturated rings.